The smallest absolute Gasteiger partial charge is 0.218 e. The van der Waals surface area contributed by atoms with Crippen molar-refractivity contribution in [2.24, 2.45) is 5.73 Å². The number of fused-ring (bicyclic) bond motifs is 1. The van der Waals surface area contributed by atoms with E-state index in [0.717, 1.165) is 28.6 Å². The number of carbonyl (C=O) groups excluding carboxylic acids is 1. The molecule has 4 aromatic rings. The highest BCUT2D eigenvalue weighted by molar-refractivity contribution is 6.30. The molecule has 0 radical (unpaired) electrons. The number of aromatic nitrogens is 1. The molecule has 4 heteroatoms. The van der Waals surface area contributed by atoms with Crippen LogP contribution in [0.2, 0.25) is 5.02 Å². The predicted molar refractivity (Wildman–Crippen MR) is 115 cm³/mol. The lowest BCUT2D eigenvalue weighted by Crippen LogP contribution is -2.16. The van der Waals surface area contributed by atoms with E-state index in [1.54, 1.807) is 0 Å². The van der Waals surface area contributed by atoms with Crippen LogP contribution in [0.1, 0.15) is 29.0 Å². The van der Waals surface area contributed by atoms with E-state index in [2.05, 4.69) is 35.0 Å². The number of hydrogen-bond donors (Lipinski definition) is 1. The van der Waals surface area contributed by atoms with Crippen LogP contribution in [0.25, 0.3) is 10.9 Å². The first-order valence-corrected chi connectivity index (χ1v) is 9.65. The van der Waals surface area contributed by atoms with E-state index in [9.17, 15) is 4.79 Å². The fourth-order valence-corrected chi connectivity index (χ4v) is 3.89. The molecule has 4 rings (SSSR count). The second kappa shape index (κ2) is 7.91. The fraction of sp³-hybridized carbons (Fsp3) is 0.125. The largest absolute Gasteiger partial charge is 0.370 e. The molecule has 28 heavy (non-hydrogen) atoms. The van der Waals surface area contributed by atoms with Gasteiger partial charge in [0, 0.05) is 41.0 Å². The lowest BCUT2D eigenvalue weighted by Gasteiger charge is -2.16. The van der Waals surface area contributed by atoms with Crippen LogP contribution in [0.15, 0.2) is 85.1 Å². The van der Waals surface area contributed by atoms with Crippen molar-refractivity contribution in [2.45, 2.75) is 18.9 Å². The Bertz CT molecular complexity index is 1100. The Balaban J connectivity index is 1.83. The third-order valence-corrected chi connectivity index (χ3v) is 5.32. The van der Waals surface area contributed by atoms with Gasteiger partial charge in [-0.2, -0.15) is 0 Å². The molecule has 0 aliphatic carbocycles. The van der Waals surface area contributed by atoms with Crippen molar-refractivity contribution in [3.63, 3.8) is 0 Å². The Kier molecular flexibility index (Phi) is 5.18. The Hall–Kier alpha value is -3.04. The SMILES string of the molecule is NC(=O)C[C@H](c1ccc(Cl)cc1)c1cn(Cc2ccccc2)c2ccccc12. The summed E-state index contributed by atoms with van der Waals surface area (Å²) in [7, 11) is 0. The molecule has 2 N–H and O–H groups in total. The summed E-state index contributed by atoms with van der Waals surface area (Å²) in [6.45, 7) is 0.769. The molecule has 1 aromatic heterocycles. The van der Waals surface area contributed by atoms with Gasteiger partial charge in [0.15, 0.2) is 0 Å². The van der Waals surface area contributed by atoms with Gasteiger partial charge in [-0.25, -0.2) is 0 Å². The highest BCUT2D eigenvalue weighted by Gasteiger charge is 2.22. The van der Waals surface area contributed by atoms with E-state index in [1.807, 2.05) is 54.6 Å². The van der Waals surface area contributed by atoms with Crippen LogP contribution < -0.4 is 5.73 Å². The van der Waals surface area contributed by atoms with Gasteiger partial charge >= 0.3 is 0 Å². The summed E-state index contributed by atoms with van der Waals surface area (Å²) >= 11 is 6.06. The van der Waals surface area contributed by atoms with Gasteiger partial charge in [0.2, 0.25) is 5.91 Å². The first-order valence-electron chi connectivity index (χ1n) is 9.27. The average molecular weight is 389 g/mol. The van der Waals surface area contributed by atoms with Crippen LogP contribution in [-0.2, 0) is 11.3 Å². The van der Waals surface area contributed by atoms with Crippen LogP contribution in [0.5, 0.6) is 0 Å². The summed E-state index contributed by atoms with van der Waals surface area (Å²) in [6.07, 6.45) is 2.40. The molecule has 0 bridgehead atoms. The number of rotatable bonds is 6. The summed E-state index contributed by atoms with van der Waals surface area (Å²) < 4.78 is 2.24. The van der Waals surface area contributed by atoms with Gasteiger partial charge in [-0.05, 0) is 34.9 Å². The second-order valence-corrected chi connectivity index (χ2v) is 7.43. The number of carbonyl (C=O) groups is 1. The lowest BCUT2D eigenvalue weighted by molar-refractivity contribution is -0.118. The van der Waals surface area contributed by atoms with Crippen molar-refractivity contribution in [1.29, 1.82) is 0 Å². The van der Waals surface area contributed by atoms with Crippen LogP contribution >= 0.6 is 11.6 Å². The number of nitrogens with two attached hydrogens (primary N) is 1. The summed E-state index contributed by atoms with van der Waals surface area (Å²) in [4.78, 5) is 11.8. The van der Waals surface area contributed by atoms with Crippen LogP contribution in [0.3, 0.4) is 0 Å². The Morgan fingerprint density at radius 1 is 0.929 bits per heavy atom. The van der Waals surface area contributed by atoms with E-state index < -0.39 is 0 Å². The Morgan fingerprint density at radius 2 is 1.61 bits per heavy atom. The maximum atomic E-state index is 11.8. The zero-order valence-corrected chi connectivity index (χ0v) is 16.1. The van der Waals surface area contributed by atoms with Crippen LogP contribution in [0.4, 0.5) is 0 Å². The molecule has 1 heterocycles. The monoisotopic (exact) mass is 388 g/mol. The molecule has 1 amide bonds. The lowest BCUT2D eigenvalue weighted by atomic mass is 9.88. The average Bonchev–Trinajstić information content (AvgIpc) is 3.06. The molecule has 0 saturated carbocycles. The minimum absolute atomic E-state index is 0.114. The summed E-state index contributed by atoms with van der Waals surface area (Å²) in [5.74, 6) is -0.434. The third kappa shape index (κ3) is 3.80. The van der Waals surface area contributed by atoms with Crippen molar-refractivity contribution >= 4 is 28.4 Å². The van der Waals surface area contributed by atoms with Crippen molar-refractivity contribution in [3.05, 3.63) is 107 Å². The number of primary amides is 1. The molecule has 0 unspecified atom stereocenters. The van der Waals surface area contributed by atoms with Gasteiger partial charge in [-0.3, -0.25) is 4.79 Å². The molecular weight excluding hydrogens is 368 g/mol. The quantitative estimate of drug-likeness (QED) is 0.475. The summed E-state index contributed by atoms with van der Waals surface area (Å²) in [6, 6.07) is 26.3. The third-order valence-electron chi connectivity index (χ3n) is 5.07. The molecule has 3 aromatic carbocycles. The highest BCUT2D eigenvalue weighted by Crippen LogP contribution is 2.35. The van der Waals surface area contributed by atoms with Crippen molar-refractivity contribution in [3.8, 4) is 0 Å². The predicted octanol–water partition coefficient (Wildman–Crippen LogP) is 5.35. The van der Waals surface area contributed by atoms with E-state index in [4.69, 9.17) is 17.3 Å². The van der Waals surface area contributed by atoms with E-state index >= 15 is 0 Å². The minimum atomic E-state index is -0.320. The fourth-order valence-electron chi connectivity index (χ4n) is 3.77. The number of benzene rings is 3. The maximum absolute atomic E-state index is 11.8. The number of amides is 1. The van der Waals surface area contributed by atoms with Gasteiger partial charge in [0.25, 0.3) is 0 Å². The minimum Gasteiger partial charge on any atom is -0.370 e. The normalized spacial score (nSPS) is 12.2. The standard InChI is InChI=1S/C24H21ClN2O/c25-19-12-10-18(11-13-19)21(14-24(26)28)22-16-27(15-17-6-2-1-3-7-17)23-9-5-4-8-20(22)23/h1-13,16,21H,14-15H2,(H2,26,28)/t21-/m1/s1. The zero-order chi connectivity index (χ0) is 19.5. The summed E-state index contributed by atoms with van der Waals surface area (Å²) in [5, 5.41) is 1.81. The van der Waals surface area contributed by atoms with Crippen molar-refractivity contribution < 1.29 is 4.79 Å². The molecule has 0 fully saturated rings. The van der Waals surface area contributed by atoms with Crippen molar-refractivity contribution in [1.82, 2.24) is 4.57 Å². The Labute approximate surface area is 169 Å². The number of halogens is 1. The van der Waals surface area contributed by atoms with E-state index in [1.165, 1.54) is 5.56 Å². The van der Waals surface area contributed by atoms with Crippen LogP contribution in [-0.4, -0.2) is 10.5 Å². The van der Waals surface area contributed by atoms with E-state index in [-0.39, 0.29) is 18.2 Å². The highest BCUT2D eigenvalue weighted by atomic mass is 35.5. The van der Waals surface area contributed by atoms with E-state index in [0.29, 0.717) is 5.02 Å². The van der Waals surface area contributed by atoms with Gasteiger partial charge in [-0.1, -0.05) is 72.3 Å². The molecule has 0 aliphatic rings. The first-order chi connectivity index (χ1) is 13.6. The van der Waals surface area contributed by atoms with Gasteiger partial charge in [-0.15, -0.1) is 0 Å². The number of nitrogens with zero attached hydrogens (tertiary/aromatic N) is 1. The number of para-hydroxylation sites is 1. The second-order valence-electron chi connectivity index (χ2n) is 6.99. The molecule has 3 nitrogen and oxygen atoms in total. The molecule has 1 atom stereocenters. The number of hydrogen-bond acceptors (Lipinski definition) is 1. The van der Waals surface area contributed by atoms with Gasteiger partial charge < -0.3 is 10.3 Å². The zero-order valence-electron chi connectivity index (χ0n) is 15.4. The Morgan fingerprint density at radius 3 is 2.32 bits per heavy atom. The van der Waals surface area contributed by atoms with Crippen molar-refractivity contribution in [2.75, 3.05) is 0 Å². The van der Waals surface area contributed by atoms with Gasteiger partial charge in [0.1, 0.15) is 0 Å². The molecule has 0 aliphatic heterocycles. The molecule has 0 saturated heterocycles. The molecule has 0 spiro atoms. The molecule has 140 valence electrons. The first kappa shape index (κ1) is 18.3. The maximum Gasteiger partial charge on any atom is 0.218 e. The van der Waals surface area contributed by atoms with Gasteiger partial charge in [0.05, 0.1) is 0 Å². The topological polar surface area (TPSA) is 48.0 Å². The van der Waals surface area contributed by atoms with Crippen LogP contribution in [0, 0.1) is 0 Å². The summed E-state index contributed by atoms with van der Waals surface area (Å²) in [5.41, 5.74) is 10.1. The molecular formula is C24H21ClN2O.